The molecule has 8 heavy (non-hydrogen) atoms. The first-order chi connectivity index (χ1) is 3.63. The highest BCUT2D eigenvalue weighted by Crippen LogP contribution is 1.69. The summed E-state index contributed by atoms with van der Waals surface area (Å²) in [5.41, 5.74) is 4.00. The number of carbonyl (C=O) groups excluding carboxylic acids is 2. The van der Waals surface area contributed by atoms with E-state index in [9.17, 15) is 9.59 Å². The van der Waals surface area contributed by atoms with Gasteiger partial charge in [0.25, 0.3) is 5.24 Å². The Morgan fingerprint density at radius 1 is 1.38 bits per heavy atom. The van der Waals surface area contributed by atoms with Crippen LogP contribution in [0.5, 0.6) is 0 Å². The lowest BCUT2D eigenvalue weighted by atomic mass is 10.8. The van der Waals surface area contributed by atoms with Crippen molar-refractivity contribution in [3.05, 3.63) is 0 Å². The first kappa shape index (κ1) is 7.29. The van der Waals surface area contributed by atoms with E-state index < -0.39 is 5.24 Å². The van der Waals surface area contributed by atoms with Crippen LogP contribution in [0.1, 0.15) is 6.92 Å². The molecule has 0 aromatic rings. The van der Waals surface area contributed by atoms with Crippen LogP contribution >= 0.6 is 12.6 Å². The van der Waals surface area contributed by atoms with Gasteiger partial charge in [-0.3, -0.25) is 20.4 Å². The second-order valence-corrected chi connectivity index (χ2v) is 1.52. The van der Waals surface area contributed by atoms with Crippen molar-refractivity contribution in [1.29, 1.82) is 0 Å². The van der Waals surface area contributed by atoms with Crippen LogP contribution in [0.4, 0.5) is 4.79 Å². The van der Waals surface area contributed by atoms with Gasteiger partial charge in [0.05, 0.1) is 0 Å². The van der Waals surface area contributed by atoms with Crippen LogP contribution in [0.3, 0.4) is 0 Å². The maximum atomic E-state index is 9.99. The van der Waals surface area contributed by atoms with Gasteiger partial charge in [0.1, 0.15) is 0 Å². The van der Waals surface area contributed by atoms with E-state index >= 15 is 0 Å². The number of rotatable bonds is 0. The Morgan fingerprint density at radius 3 is 2.00 bits per heavy atom. The number of hydrogen-bond acceptors (Lipinski definition) is 2. The number of hydrazine groups is 1. The van der Waals surface area contributed by atoms with Gasteiger partial charge >= 0.3 is 0 Å². The standard InChI is InChI=1S/C3H6N2O2S/c1-2(6)4-5-3(7)8/h1H3,(H,4,6)(H2,5,7,8). The van der Waals surface area contributed by atoms with E-state index in [-0.39, 0.29) is 5.91 Å². The van der Waals surface area contributed by atoms with E-state index in [0.717, 1.165) is 0 Å². The molecule has 0 aromatic heterocycles. The summed E-state index contributed by atoms with van der Waals surface area (Å²) < 4.78 is 0. The summed E-state index contributed by atoms with van der Waals surface area (Å²) in [5, 5.41) is -0.583. The molecule has 0 rings (SSSR count). The lowest BCUT2D eigenvalue weighted by molar-refractivity contribution is -0.119. The van der Waals surface area contributed by atoms with Gasteiger partial charge in [-0.2, -0.15) is 0 Å². The third-order valence-electron chi connectivity index (χ3n) is 0.345. The fourth-order valence-corrected chi connectivity index (χ4v) is 0.197. The van der Waals surface area contributed by atoms with Crippen LogP contribution in [0.25, 0.3) is 0 Å². The minimum atomic E-state index is -0.583. The molecule has 5 heteroatoms. The van der Waals surface area contributed by atoms with Crippen LogP contribution in [0.2, 0.25) is 0 Å². The van der Waals surface area contributed by atoms with Gasteiger partial charge in [0, 0.05) is 6.92 Å². The first-order valence-electron chi connectivity index (χ1n) is 1.88. The highest BCUT2D eigenvalue weighted by atomic mass is 32.1. The highest BCUT2D eigenvalue weighted by molar-refractivity contribution is 7.96. The zero-order valence-corrected chi connectivity index (χ0v) is 5.16. The van der Waals surface area contributed by atoms with E-state index in [1.807, 2.05) is 10.9 Å². The molecule has 0 aliphatic rings. The van der Waals surface area contributed by atoms with E-state index in [2.05, 4.69) is 12.6 Å². The molecule has 0 unspecified atom stereocenters. The normalized spacial score (nSPS) is 7.75. The van der Waals surface area contributed by atoms with E-state index in [0.29, 0.717) is 0 Å². The second-order valence-electron chi connectivity index (χ2n) is 1.11. The Bertz CT molecular complexity index is 99.9. The van der Waals surface area contributed by atoms with Crippen molar-refractivity contribution in [1.82, 2.24) is 10.9 Å². The molecule has 0 aliphatic heterocycles. The van der Waals surface area contributed by atoms with Gasteiger partial charge < -0.3 is 0 Å². The number of hydrogen-bond donors (Lipinski definition) is 3. The average Bonchev–Trinajstić information content (AvgIpc) is 1.61. The van der Waals surface area contributed by atoms with Gasteiger partial charge in [-0.1, -0.05) is 12.6 Å². The molecule has 2 amide bonds. The Morgan fingerprint density at radius 2 is 1.88 bits per heavy atom. The van der Waals surface area contributed by atoms with E-state index in [1.165, 1.54) is 6.92 Å². The molecule has 0 bridgehead atoms. The van der Waals surface area contributed by atoms with Crippen LogP contribution in [-0.4, -0.2) is 11.1 Å². The summed E-state index contributed by atoms with van der Waals surface area (Å²) >= 11 is 3.31. The highest BCUT2D eigenvalue weighted by Gasteiger charge is 1.89. The summed E-state index contributed by atoms with van der Waals surface area (Å²) in [6.45, 7) is 1.28. The second kappa shape index (κ2) is 3.31. The lowest BCUT2D eigenvalue weighted by Gasteiger charge is -1.97. The molecule has 0 fully saturated rings. The fourth-order valence-electron chi connectivity index (χ4n) is 0.141. The average molecular weight is 134 g/mol. The molecule has 0 heterocycles. The molecule has 0 atom stereocenters. The van der Waals surface area contributed by atoms with Gasteiger partial charge in [-0.25, -0.2) is 0 Å². The van der Waals surface area contributed by atoms with E-state index in [1.54, 1.807) is 0 Å². The molecular weight excluding hydrogens is 128 g/mol. The minimum Gasteiger partial charge on any atom is -0.274 e. The number of amides is 2. The monoisotopic (exact) mass is 134 g/mol. The van der Waals surface area contributed by atoms with Gasteiger partial charge in [-0.05, 0) is 0 Å². The number of carbonyl (C=O) groups is 2. The smallest absolute Gasteiger partial charge is 0.274 e. The molecule has 0 aromatic carbocycles. The van der Waals surface area contributed by atoms with Crippen LogP contribution in [-0.2, 0) is 4.79 Å². The van der Waals surface area contributed by atoms with Gasteiger partial charge in [-0.15, -0.1) is 0 Å². The Hall–Kier alpha value is -0.710. The zero-order valence-electron chi connectivity index (χ0n) is 4.26. The van der Waals surface area contributed by atoms with Crippen molar-refractivity contribution in [2.24, 2.45) is 0 Å². The van der Waals surface area contributed by atoms with E-state index in [4.69, 9.17) is 0 Å². The summed E-state index contributed by atoms with van der Waals surface area (Å²) in [6.07, 6.45) is 0. The largest absolute Gasteiger partial charge is 0.294 e. The van der Waals surface area contributed by atoms with Crippen molar-refractivity contribution < 1.29 is 9.59 Å². The molecule has 0 radical (unpaired) electrons. The van der Waals surface area contributed by atoms with Gasteiger partial charge in [0.2, 0.25) is 5.91 Å². The fraction of sp³-hybridized carbons (Fsp3) is 0.333. The van der Waals surface area contributed by atoms with Crippen molar-refractivity contribution in [3.63, 3.8) is 0 Å². The third-order valence-corrected chi connectivity index (χ3v) is 0.457. The molecule has 46 valence electrons. The van der Waals surface area contributed by atoms with Crippen molar-refractivity contribution in [3.8, 4) is 0 Å². The predicted octanol–water partition coefficient (Wildman–Crippen LogP) is -0.323. The SMILES string of the molecule is CC(=O)NNC(=O)S. The molecule has 0 saturated heterocycles. The summed E-state index contributed by atoms with van der Waals surface area (Å²) in [5.74, 6) is -0.326. The minimum absolute atomic E-state index is 0.326. The Labute approximate surface area is 52.0 Å². The molecule has 0 saturated carbocycles. The van der Waals surface area contributed by atoms with Crippen molar-refractivity contribution in [2.45, 2.75) is 6.92 Å². The Kier molecular flexibility index (Phi) is 3.02. The zero-order chi connectivity index (χ0) is 6.57. The third kappa shape index (κ3) is 5.29. The van der Waals surface area contributed by atoms with Crippen molar-refractivity contribution >= 4 is 23.8 Å². The summed E-state index contributed by atoms with van der Waals surface area (Å²) in [7, 11) is 0. The maximum Gasteiger partial charge on any atom is 0.294 e. The van der Waals surface area contributed by atoms with Crippen LogP contribution in [0, 0.1) is 0 Å². The number of nitrogens with one attached hydrogen (secondary N) is 2. The van der Waals surface area contributed by atoms with Crippen LogP contribution in [0.15, 0.2) is 0 Å². The summed E-state index contributed by atoms with van der Waals surface area (Å²) in [6, 6.07) is 0. The Balaban J connectivity index is 3.18. The molecule has 4 nitrogen and oxygen atoms in total. The molecule has 0 aliphatic carbocycles. The molecular formula is C3H6N2O2S. The first-order valence-corrected chi connectivity index (χ1v) is 2.33. The molecule has 0 spiro atoms. The van der Waals surface area contributed by atoms with Crippen LogP contribution < -0.4 is 10.9 Å². The topological polar surface area (TPSA) is 58.2 Å². The lowest BCUT2D eigenvalue weighted by Crippen LogP contribution is -2.37. The van der Waals surface area contributed by atoms with Gasteiger partial charge in [0.15, 0.2) is 0 Å². The predicted molar refractivity (Wildman–Crippen MR) is 31.3 cm³/mol. The summed E-state index contributed by atoms with van der Waals surface area (Å²) in [4.78, 5) is 19.9. The molecule has 2 N–H and O–H groups in total. The van der Waals surface area contributed by atoms with Crippen molar-refractivity contribution in [2.75, 3.05) is 0 Å². The quantitative estimate of drug-likeness (QED) is 0.314. The maximum absolute atomic E-state index is 9.99. The number of thiol groups is 1.